The Labute approximate surface area is 125 Å². The van der Waals surface area contributed by atoms with E-state index >= 15 is 0 Å². The SMILES string of the molecule is O=CC1Cc2ncccc2N(c2ccc(C(F)(F)F)cc2)C1. The first-order valence-electron chi connectivity index (χ1n) is 6.83. The van der Waals surface area contributed by atoms with Crippen LogP contribution >= 0.6 is 0 Å². The summed E-state index contributed by atoms with van der Waals surface area (Å²) in [5.41, 5.74) is 1.55. The van der Waals surface area contributed by atoms with Crippen molar-refractivity contribution in [3.05, 3.63) is 53.9 Å². The fourth-order valence-electron chi connectivity index (χ4n) is 2.64. The first-order chi connectivity index (χ1) is 10.5. The van der Waals surface area contributed by atoms with Gasteiger partial charge in [-0.3, -0.25) is 4.98 Å². The molecule has 0 spiro atoms. The summed E-state index contributed by atoms with van der Waals surface area (Å²) in [6, 6.07) is 8.59. The first-order valence-corrected chi connectivity index (χ1v) is 6.83. The van der Waals surface area contributed by atoms with Crippen molar-refractivity contribution in [3.8, 4) is 0 Å². The molecule has 1 aliphatic heterocycles. The molecule has 0 saturated carbocycles. The third-order valence-corrected chi connectivity index (χ3v) is 3.73. The van der Waals surface area contributed by atoms with E-state index in [0.29, 0.717) is 18.7 Å². The summed E-state index contributed by atoms with van der Waals surface area (Å²) in [5.74, 6) is -0.218. The predicted molar refractivity (Wildman–Crippen MR) is 75.9 cm³/mol. The zero-order valence-corrected chi connectivity index (χ0v) is 11.5. The van der Waals surface area contributed by atoms with Gasteiger partial charge in [0.2, 0.25) is 0 Å². The number of alkyl halides is 3. The Morgan fingerprint density at radius 1 is 1.18 bits per heavy atom. The topological polar surface area (TPSA) is 33.2 Å². The average molecular weight is 306 g/mol. The Morgan fingerprint density at radius 2 is 1.91 bits per heavy atom. The zero-order valence-electron chi connectivity index (χ0n) is 11.5. The molecule has 1 aromatic heterocycles. The molecule has 0 radical (unpaired) electrons. The van der Waals surface area contributed by atoms with E-state index < -0.39 is 11.7 Å². The predicted octanol–water partition coefficient (Wildman–Crippen LogP) is 3.61. The summed E-state index contributed by atoms with van der Waals surface area (Å²) in [6.07, 6.45) is -1.28. The molecule has 1 aromatic carbocycles. The number of carbonyl (C=O) groups is 1. The van der Waals surface area contributed by atoms with Crippen molar-refractivity contribution in [2.75, 3.05) is 11.4 Å². The Bertz CT molecular complexity index is 683. The quantitative estimate of drug-likeness (QED) is 0.795. The largest absolute Gasteiger partial charge is 0.416 e. The van der Waals surface area contributed by atoms with Gasteiger partial charge in [0.25, 0.3) is 0 Å². The number of benzene rings is 1. The summed E-state index contributed by atoms with van der Waals surface area (Å²) in [4.78, 5) is 17.2. The van der Waals surface area contributed by atoms with Gasteiger partial charge in [0, 0.05) is 30.8 Å². The molecule has 2 aromatic rings. The second-order valence-electron chi connectivity index (χ2n) is 5.22. The van der Waals surface area contributed by atoms with Crippen LogP contribution in [0.2, 0.25) is 0 Å². The van der Waals surface area contributed by atoms with Gasteiger partial charge < -0.3 is 9.69 Å². The number of aldehydes is 1. The lowest BCUT2D eigenvalue weighted by molar-refractivity contribution is -0.137. The second kappa shape index (κ2) is 5.44. The maximum absolute atomic E-state index is 12.6. The van der Waals surface area contributed by atoms with Crippen LogP contribution in [0.3, 0.4) is 0 Å². The summed E-state index contributed by atoms with van der Waals surface area (Å²) in [7, 11) is 0. The number of nitrogens with zero attached hydrogens (tertiary/aromatic N) is 2. The van der Waals surface area contributed by atoms with Gasteiger partial charge in [-0.25, -0.2) is 0 Å². The summed E-state index contributed by atoms with van der Waals surface area (Å²) in [5, 5.41) is 0. The van der Waals surface area contributed by atoms with Crippen molar-refractivity contribution in [2.45, 2.75) is 12.6 Å². The van der Waals surface area contributed by atoms with Crippen molar-refractivity contribution in [2.24, 2.45) is 5.92 Å². The number of rotatable bonds is 2. The summed E-state index contributed by atoms with van der Waals surface area (Å²) >= 11 is 0. The fraction of sp³-hybridized carbons (Fsp3) is 0.250. The van der Waals surface area contributed by atoms with Gasteiger partial charge in [0.1, 0.15) is 6.29 Å². The van der Waals surface area contributed by atoms with Gasteiger partial charge in [0.15, 0.2) is 0 Å². The van der Waals surface area contributed by atoms with Crippen LogP contribution in [0.15, 0.2) is 42.6 Å². The van der Waals surface area contributed by atoms with Crippen molar-refractivity contribution < 1.29 is 18.0 Å². The summed E-state index contributed by atoms with van der Waals surface area (Å²) in [6.45, 7) is 0.438. The molecule has 0 aliphatic carbocycles. The molecule has 114 valence electrons. The molecular formula is C16H13F3N2O. The van der Waals surface area contributed by atoms with Crippen molar-refractivity contribution in [3.63, 3.8) is 0 Å². The van der Waals surface area contributed by atoms with Crippen molar-refractivity contribution >= 4 is 17.7 Å². The maximum atomic E-state index is 12.6. The van der Waals surface area contributed by atoms with Gasteiger partial charge in [-0.15, -0.1) is 0 Å². The highest BCUT2D eigenvalue weighted by Crippen LogP contribution is 2.36. The number of aromatic nitrogens is 1. The van der Waals surface area contributed by atoms with E-state index in [4.69, 9.17) is 0 Å². The maximum Gasteiger partial charge on any atom is 0.416 e. The smallest absolute Gasteiger partial charge is 0.339 e. The first kappa shape index (κ1) is 14.6. The second-order valence-corrected chi connectivity index (χ2v) is 5.22. The lowest BCUT2D eigenvalue weighted by atomic mass is 9.96. The van der Waals surface area contributed by atoms with Crippen LogP contribution in [0.5, 0.6) is 0 Å². The van der Waals surface area contributed by atoms with E-state index in [1.165, 1.54) is 12.1 Å². The minimum atomic E-state index is -4.36. The minimum absolute atomic E-state index is 0.218. The molecular weight excluding hydrogens is 293 g/mol. The van der Waals surface area contributed by atoms with E-state index in [1.807, 2.05) is 11.0 Å². The Kier molecular flexibility index (Phi) is 3.60. The Balaban J connectivity index is 1.98. The van der Waals surface area contributed by atoms with Crippen LogP contribution in [-0.4, -0.2) is 17.8 Å². The van der Waals surface area contributed by atoms with Gasteiger partial charge in [-0.05, 0) is 36.4 Å². The molecule has 0 saturated heterocycles. The van der Waals surface area contributed by atoms with E-state index in [2.05, 4.69) is 4.98 Å². The molecule has 1 atom stereocenters. The molecule has 0 amide bonds. The monoisotopic (exact) mass is 306 g/mol. The average Bonchev–Trinajstić information content (AvgIpc) is 2.53. The fourth-order valence-corrected chi connectivity index (χ4v) is 2.64. The molecule has 22 heavy (non-hydrogen) atoms. The van der Waals surface area contributed by atoms with Crippen LogP contribution in [0, 0.1) is 5.92 Å². The van der Waals surface area contributed by atoms with Crippen LogP contribution in [0.1, 0.15) is 11.3 Å². The normalized spacial score (nSPS) is 18.0. The lowest BCUT2D eigenvalue weighted by Crippen LogP contribution is -2.33. The zero-order chi connectivity index (χ0) is 15.7. The lowest BCUT2D eigenvalue weighted by Gasteiger charge is -2.33. The molecule has 2 heterocycles. The molecule has 3 rings (SSSR count). The van der Waals surface area contributed by atoms with Gasteiger partial charge in [-0.1, -0.05) is 0 Å². The van der Waals surface area contributed by atoms with Crippen LogP contribution in [-0.2, 0) is 17.4 Å². The van der Waals surface area contributed by atoms with E-state index in [-0.39, 0.29) is 5.92 Å². The van der Waals surface area contributed by atoms with Crippen molar-refractivity contribution in [1.29, 1.82) is 0 Å². The molecule has 1 aliphatic rings. The number of fused-ring (bicyclic) bond motifs is 1. The van der Waals surface area contributed by atoms with E-state index in [0.717, 1.165) is 29.8 Å². The standard InChI is InChI=1S/C16H13F3N2O/c17-16(18,19)12-3-5-13(6-4-12)21-9-11(10-22)8-14-15(21)2-1-7-20-14/h1-7,10-11H,8-9H2. The van der Waals surface area contributed by atoms with Crippen LogP contribution < -0.4 is 4.90 Å². The van der Waals surface area contributed by atoms with E-state index in [1.54, 1.807) is 12.3 Å². The van der Waals surface area contributed by atoms with Gasteiger partial charge in [-0.2, -0.15) is 13.2 Å². The highest BCUT2D eigenvalue weighted by molar-refractivity contribution is 5.70. The Hall–Kier alpha value is -2.37. The van der Waals surface area contributed by atoms with Crippen molar-refractivity contribution in [1.82, 2.24) is 4.98 Å². The molecule has 0 N–H and O–H groups in total. The van der Waals surface area contributed by atoms with Crippen LogP contribution in [0.25, 0.3) is 0 Å². The number of hydrogen-bond donors (Lipinski definition) is 0. The number of carbonyl (C=O) groups excluding carboxylic acids is 1. The number of anilines is 2. The molecule has 0 fully saturated rings. The van der Waals surface area contributed by atoms with Gasteiger partial charge >= 0.3 is 6.18 Å². The highest BCUT2D eigenvalue weighted by atomic mass is 19.4. The number of pyridine rings is 1. The third kappa shape index (κ3) is 2.68. The molecule has 0 bridgehead atoms. The number of halogens is 3. The van der Waals surface area contributed by atoms with Gasteiger partial charge in [0.05, 0.1) is 16.9 Å². The number of hydrogen-bond acceptors (Lipinski definition) is 3. The van der Waals surface area contributed by atoms with Crippen LogP contribution in [0.4, 0.5) is 24.5 Å². The molecule has 3 nitrogen and oxygen atoms in total. The van der Waals surface area contributed by atoms with E-state index in [9.17, 15) is 18.0 Å². The molecule has 6 heteroatoms. The third-order valence-electron chi connectivity index (χ3n) is 3.73. The molecule has 1 unspecified atom stereocenters. The Morgan fingerprint density at radius 3 is 2.55 bits per heavy atom. The summed E-state index contributed by atoms with van der Waals surface area (Å²) < 4.78 is 37.9. The minimum Gasteiger partial charge on any atom is -0.339 e. The highest BCUT2D eigenvalue weighted by Gasteiger charge is 2.31.